The molecular weight excluding hydrogens is 297 g/mol. The third-order valence-electron chi connectivity index (χ3n) is 2.70. The zero-order valence-corrected chi connectivity index (χ0v) is 13.1. The predicted molar refractivity (Wildman–Crippen MR) is 78.5 cm³/mol. The Labute approximate surface area is 124 Å². The van der Waals surface area contributed by atoms with E-state index in [1.165, 1.54) is 6.07 Å². The molecule has 0 atom stereocenters. The number of nitrogen functional groups attached to an aromatic ring is 1. The minimum Gasteiger partial charge on any atom is -0.399 e. The Balaban J connectivity index is 3.05. The van der Waals surface area contributed by atoms with Crippen LogP contribution in [0.25, 0.3) is 0 Å². The van der Waals surface area contributed by atoms with E-state index >= 15 is 0 Å². The summed E-state index contributed by atoms with van der Waals surface area (Å²) in [7, 11) is -4.09. The lowest BCUT2D eigenvalue weighted by Crippen LogP contribution is -2.42. The van der Waals surface area contributed by atoms with Gasteiger partial charge in [0.2, 0.25) is 15.9 Å². The molecule has 3 N–H and O–H groups in total. The molecular formula is C13H20FN3O3S. The molecule has 0 aliphatic rings. The Hall–Kier alpha value is -1.67. The van der Waals surface area contributed by atoms with Gasteiger partial charge in [0, 0.05) is 18.3 Å². The lowest BCUT2D eigenvalue weighted by molar-refractivity contribution is -0.121. The molecule has 0 fully saturated rings. The normalized spacial score (nSPS) is 11.9. The molecule has 118 valence electrons. The van der Waals surface area contributed by atoms with Gasteiger partial charge in [-0.3, -0.25) is 4.79 Å². The smallest absolute Gasteiger partial charge is 0.246 e. The number of rotatable bonds is 6. The third kappa shape index (κ3) is 4.40. The standard InChI is InChI=1S/C13H20FN3O3S/c1-4-17(8-13(18)16-9(2)3)21(19,20)12-6-5-10(15)7-11(12)14/h5-7,9H,4,8,15H2,1-3H3,(H,16,18). The van der Waals surface area contributed by atoms with Crippen molar-refractivity contribution in [3.05, 3.63) is 24.0 Å². The largest absolute Gasteiger partial charge is 0.399 e. The van der Waals surface area contributed by atoms with Gasteiger partial charge in [-0.15, -0.1) is 0 Å². The molecule has 6 nitrogen and oxygen atoms in total. The molecule has 0 spiro atoms. The van der Waals surface area contributed by atoms with Crippen molar-refractivity contribution < 1.29 is 17.6 Å². The Morgan fingerprint density at radius 1 is 1.43 bits per heavy atom. The van der Waals surface area contributed by atoms with Crippen LogP contribution in [0.5, 0.6) is 0 Å². The predicted octanol–water partition coefficient (Wildman–Crippen LogP) is 0.943. The molecule has 1 amide bonds. The molecule has 0 radical (unpaired) electrons. The summed E-state index contributed by atoms with van der Waals surface area (Å²) >= 11 is 0. The van der Waals surface area contributed by atoms with Gasteiger partial charge in [-0.1, -0.05) is 6.92 Å². The molecule has 0 saturated heterocycles. The fourth-order valence-corrected chi connectivity index (χ4v) is 3.21. The minimum atomic E-state index is -4.09. The van der Waals surface area contributed by atoms with Crippen LogP contribution < -0.4 is 11.1 Å². The molecule has 0 aromatic heterocycles. The number of carbonyl (C=O) groups excluding carboxylic acids is 1. The second kappa shape index (κ2) is 6.86. The first-order valence-electron chi connectivity index (χ1n) is 6.53. The number of halogens is 1. The van der Waals surface area contributed by atoms with Gasteiger partial charge < -0.3 is 11.1 Å². The van der Waals surface area contributed by atoms with E-state index in [2.05, 4.69) is 5.32 Å². The maximum absolute atomic E-state index is 13.8. The highest BCUT2D eigenvalue weighted by molar-refractivity contribution is 7.89. The SMILES string of the molecule is CCN(CC(=O)NC(C)C)S(=O)(=O)c1ccc(N)cc1F. The van der Waals surface area contributed by atoms with Crippen LogP contribution in [-0.4, -0.2) is 37.8 Å². The highest BCUT2D eigenvalue weighted by Gasteiger charge is 2.28. The number of anilines is 1. The molecule has 21 heavy (non-hydrogen) atoms. The number of nitrogens with two attached hydrogens (primary N) is 1. The van der Waals surface area contributed by atoms with E-state index in [0.29, 0.717) is 0 Å². The number of benzene rings is 1. The number of likely N-dealkylation sites (N-methyl/N-ethyl adjacent to an activating group) is 1. The molecule has 0 saturated carbocycles. The summed E-state index contributed by atoms with van der Waals surface area (Å²) in [6, 6.07) is 3.24. The van der Waals surface area contributed by atoms with E-state index in [-0.39, 0.29) is 24.8 Å². The molecule has 0 bridgehead atoms. The van der Waals surface area contributed by atoms with Crippen molar-refractivity contribution in [2.24, 2.45) is 0 Å². The van der Waals surface area contributed by atoms with Crippen LogP contribution in [0.3, 0.4) is 0 Å². The first-order valence-corrected chi connectivity index (χ1v) is 7.97. The van der Waals surface area contributed by atoms with Crippen molar-refractivity contribution in [3.63, 3.8) is 0 Å². The summed E-state index contributed by atoms with van der Waals surface area (Å²) < 4.78 is 39.5. The number of amides is 1. The van der Waals surface area contributed by atoms with Gasteiger partial charge in [-0.05, 0) is 32.0 Å². The molecule has 0 heterocycles. The number of nitrogens with one attached hydrogen (secondary N) is 1. The molecule has 1 aromatic carbocycles. The van der Waals surface area contributed by atoms with Crippen molar-refractivity contribution in [1.82, 2.24) is 9.62 Å². The van der Waals surface area contributed by atoms with Gasteiger partial charge in [-0.2, -0.15) is 4.31 Å². The second-order valence-electron chi connectivity index (χ2n) is 4.84. The average molecular weight is 317 g/mol. The van der Waals surface area contributed by atoms with Gasteiger partial charge >= 0.3 is 0 Å². The van der Waals surface area contributed by atoms with Crippen LogP contribution in [0.2, 0.25) is 0 Å². The molecule has 8 heteroatoms. The quantitative estimate of drug-likeness (QED) is 0.764. The lowest BCUT2D eigenvalue weighted by Gasteiger charge is -2.21. The first-order chi connectivity index (χ1) is 9.68. The highest BCUT2D eigenvalue weighted by Crippen LogP contribution is 2.21. The second-order valence-corrected chi connectivity index (χ2v) is 6.75. The maximum Gasteiger partial charge on any atom is 0.246 e. The summed E-state index contributed by atoms with van der Waals surface area (Å²) in [5, 5.41) is 2.60. The van der Waals surface area contributed by atoms with E-state index in [9.17, 15) is 17.6 Å². The molecule has 1 aromatic rings. The van der Waals surface area contributed by atoms with Crippen LogP contribution in [0.4, 0.5) is 10.1 Å². The van der Waals surface area contributed by atoms with Gasteiger partial charge in [0.15, 0.2) is 0 Å². The zero-order chi connectivity index (χ0) is 16.2. The van der Waals surface area contributed by atoms with Gasteiger partial charge in [0.05, 0.1) is 6.54 Å². The number of carbonyl (C=O) groups is 1. The fraction of sp³-hybridized carbons (Fsp3) is 0.462. The van der Waals surface area contributed by atoms with E-state index in [1.54, 1.807) is 20.8 Å². The molecule has 1 rings (SSSR count). The van der Waals surface area contributed by atoms with Crippen molar-refractivity contribution in [2.45, 2.75) is 31.7 Å². The summed E-state index contributed by atoms with van der Waals surface area (Å²) in [5.41, 5.74) is 5.53. The van der Waals surface area contributed by atoms with Crippen LogP contribution in [0, 0.1) is 5.82 Å². The fourth-order valence-electron chi connectivity index (χ4n) is 1.76. The number of nitrogens with zero attached hydrogens (tertiary/aromatic N) is 1. The summed E-state index contributed by atoms with van der Waals surface area (Å²) in [4.78, 5) is 11.2. The first kappa shape index (κ1) is 17.4. The summed E-state index contributed by atoms with van der Waals surface area (Å²) in [6.45, 7) is 4.80. The minimum absolute atomic E-state index is 0.0532. The van der Waals surface area contributed by atoms with E-state index < -0.39 is 26.6 Å². The Kier molecular flexibility index (Phi) is 5.68. The van der Waals surface area contributed by atoms with Crippen molar-refractivity contribution in [1.29, 1.82) is 0 Å². The van der Waals surface area contributed by atoms with Gasteiger partial charge in [0.25, 0.3) is 0 Å². The molecule has 0 unspecified atom stereocenters. The molecule has 0 aliphatic heterocycles. The Morgan fingerprint density at radius 3 is 2.52 bits per heavy atom. The molecule has 0 aliphatic carbocycles. The van der Waals surface area contributed by atoms with Crippen LogP contribution >= 0.6 is 0 Å². The van der Waals surface area contributed by atoms with E-state index in [1.807, 2.05) is 0 Å². The number of hydrogen-bond donors (Lipinski definition) is 2. The van der Waals surface area contributed by atoms with Crippen LogP contribution in [0.15, 0.2) is 23.1 Å². The van der Waals surface area contributed by atoms with Gasteiger partial charge in [-0.25, -0.2) is 12.8 Å². The average Bonchev–Trinajstić information content (AvgIpc) is 2.34. The van der Waals surface area contributed by atoms with Gasteiger partial charge in [0.1, 0.15) is 10.7 Å². The van der Waals surface area contributed by atoms with Crippen molar-refractivity contribution in [3.8, 4) is 0 Å². The Bertz CT molecular complexity index is 617. The number of sulfonamides is 1. The Morgan fingerprint density at radius 2 is 2.05 bits per heavy atom. The number of hydrogen-bond acceptors (Lipinski definition) is 4. The highest BCUT2D eigenvalue weighted by atomic mass is 32.2. The van der Waals surface area contributed by atoms with E-state index in [0.717, 1.165) is 16.4 Å². The summed E-state index contributed by atoms with van der Waals surface area (Å²) in [5.74, 6) is -1.37. The van der Waals surface area contributed by atoms with E-state index in [4.69, 9.17) is 5.73 Å². The monoisotopic (exact) mass is 317 g/mol. The maximum atomic E-state index is 13.8. The van der Waals surface area contributed by atoms with Crippen molar-refractivity contribution >= 4 is 21.6 Å². The topological polar surface area (TPSA) is 92.5 Å². The third-order valence-corrected chi connectivity index (χ3v) is 4.65. The van der Waals surface area contributed by atoms with Crippen LogP contribution in [0.1, 0.15) is 20.8 Å². The van der Waals surface area contributed by atoms with Crippen molar-refractivity contribution in [2.75, 3.05) is 18.8 Å². The van der Waals surface area contributed by atoms with Crippen LogP contribution in [-0.2, 0) is 14.8 Å². The summed E-state index contributed by atoms with van der Waals surface area (Å²) in [6.07, 6.45) is 0. The zero-order valence-electron chi connectivity index (χ0n) is 12.3. The lowest BCUT2D eigenvalue weighted by atomic mass is 10.3.